The van der Waals surface area contributed by atoms with E-state index in [1.54, 1.807) is 30.8 Å². The third-order valence-corrected chi connectivity index (χ3v) is 1.71. The van der Waals surface area contributed by atoms with Crippen LogP contribution in [0.4, 0.5) is 0 Å². The number of hydrogen-bond acceptors (Lipinski definition) is 2. The minimum atomic E-state index is -1.13. The van der Waals surface area contributed by atoms with E-state index in [1.807, 2.05) is 0 Å². The van der Waals surface area contributed by atoms with Crippen molar-refractivity contribution in [2.75, 3.05) is 0 Å². The fraction of sp³-hybridized carbons (Fsp3) is 0.250. The summed E-state index contributed by atoms with van der Waals surface area (Å²) in [6, 6.07) is 3.21. The highest BCUT2D eigenvalue weighted by Gasteiger charge is 2.06. The predicted octanol–water partition coefficient (Wildman–Crippen LogP) is -0.817. The summed E-state index contributed by atoms with van der Waals surface area (Å²) in [5, 5.41) is 10.4. The van der Waals surface area contributed by atoms with Crippen LogP contribution in [0.25, 0.3) is 0 Å². The molecule has 1 aromatic rings. The van der Waals surface area contributed by atoms with Crippen molar-refractivity contribution in [1.29, 1.82) is 0 Å². The monoisotopic (exact) mass is 151 g/mol. The number of hydrogen-bond donors (Lipinski definition) is 0. The summed E-state index contributed by atoms with van der Waals surface area (Å²) in [6.07, 6.45) is 1.79. The topological polar surface area (TPSA) is 44.0 Å². The number of pyridine rings is 1. The maximum atomic E-state index is 10.4. The number of carbonyl (C=O) groups is 1. The number of nitrogens with zero attached hydrogens (tertiary/aromatic N) is 1. The molecule has 0 aliphatic rings. The van der Waals surface area contributed by atoms with Crippen molar-refractivity contribution in [3.05, 3.63) is 29.6 Å². The lowest BCUT2D eigenvalue weighted by molar-refractivity contribution is -0.677. The van der Waals surface area contributed by atoms with Crippen LogP contribution in [0.15, 0.2) is 18.3 Å². The van der Waals surface area contributed by atoms with E-state index in [0.29, 0.717) is 5.69 Å². The quantitative estimate of drug-likeness (QED) is 0.492. The molecule has 0 spiro atoms. The second-order valence-electron chi connectivity index (χ2n) is 2.41. The van der Waals surface area contributed by atoms with Gasteiger partial charge in [0.15, 0.2) is 11.9 Å². The lowest BCUT2D eigenvalue weighted by Gasteiger charge is -2.02. The number of carboxylic acid groups (broad SMARTS) is 1. The van der Waals surface area contributed by atoms with Gasteiger partial charge in [-0.05, 0) is 6.07 Å². The van der Waals surface area contributed by atoms with Gasteiger partial charge >= 0.3 is 0 Å². The Morgan fingerprint density at radius 1 is 1.64 bits per heavy atom. The van der Waals surface area contributed by atoms with Crippen molar-refractivity contribution in [1.82, 2.24) is 0 Å². The molecule has 0 bridgehead atoms. The van der Waals surface area contributed by atoms with E-state index in [1.165, 1.54) is 6.07 Å². The molecule has 0 aromatic carbocycles. The van der Waals surface area contributed by atoms with Crippen LogP contribution < -0.4 is 9.67 Å². The molecular formula is C8H9NO2. The predicted molar refractivity (Wildman–Crippen MR) is 36.7 cm³/mol. The first-order chi connectivity index (χ1) is 5.13. The standard InChI is InChI=1S/C8H9NO2/c1-6-7(8(10)11)4-3-5-9(6)2/h3-5H,1-2H3. The summed E-state index contributed by atoms with van der Waals surface area (Å²) in [6.45, 7) is 1.74. The van der Waals surface area contributed by atoms with E-state index in [4.69, 9.17) is 0 Å². The van der Waals surface area contributed by atoms with Crippen LogP contribution in [0.5, 0.6) is 0 Å². The SMILES string of the molecule is Cc1c(C(=O)[O-])ccc[n+]1C. The van der Waals surface area contributed by atoms with E-state index in [9.17, 15) is 9.90 Å². The molecule has 3 heteroatoms. The minimum Gasteiger partial charge on any atom is -0.545 e. The lowest BCUT2D eigenvalue weighted by Crippen LogP contribution is -2.36. The Hall–Kier alpha value is -1.38. The highest BCUT2D eigenvalue weighted by atomic mass is 16.4. The van der Waals surface area contributed by atoms with Crippen LogP contribution in [-0.4, -0.2) is 5.97 Å². The molecular weight excluding hydrogens is 142 g/mol. The Bertz CT molecular complexity index is 294. The number of aryl methyl sites for hydroxylation is 1. The molecule has 0 aliphatic heterocycles. The Morgan fingerprint density at radius 2 is 2.27 bits per heavy atom. The maximum absolute atomic E-state index is 10.4. The van der Waals surface area contributed by atoms with E-state index < -0.39 is 5.97 Å². The fourth-order valence-corrected chi connectivity index (χ4v) is 0.907. The third kappa shape index (κ3) is 1.37. The van der Waals surface area contributed by atoms with E-state index in [-0.39, 0.29) is 5.56 Å². The summed E-state index contributed by atoms with van der Waals surface area (Å²) in [5.74, 6) is -1.13. The Labute approximate surface area is 64.9 Å². The molecule has 1 heterocycles. The molecule has 11 heavy (non-hydrogen) atoms. The molecule has 0 saturated heterocycles. The van der Waals surface area contributed by atoms with Gasteiger partial charge in [0, 0.05) is 13.0 Å². The van der Waals surface area contributed by atoms with Crippen molar-refractivity contribution >= 4 is 5.97 Å². The second-order valence-corrected chi connectivity index (χ2v) is 2.41. The van der Waals surface area contributed by atoms with Crippen molar-refractivity contribution in [3.8, 4) is 0 Å². The van der Waals surface area contributed by atoms with Gasteiger partial charge in [0.25, 0.3) is 0 Å². The van der Waals surface area contributed by atoms with Crippen LogP contribution in [0.3, 0.4) is 0 Å². The largest absolute Gasteiger partial charge is 0.545 e. The summed E-state index contributed by atoms with van der Waals surface area (Å²) in [7, 11) is 1.79. The van der Waals surface area contributed by atoms with E-state index in [2.05, 4.69) is 0 Å². The molecule has 1 aromatic heterocycles. The summed E-state index contributed by atoms with van der Waals surface area (Å²) in [4.78, 5) is 10.4. The molecule has 0 aliphatic carbocycles. The second kappa shape index (κ2) is 2.70. The average Bonchev–Trinajstić information content (AvgIpc) is 1.94. The Balaban J connectivity index is 3.27. The van der Waals surface area contributed by atoms with Crippen molar-refractivity contribution in [3.63, 3.8) is 0 Å². The van der Waals surface area contributed by atoms with Crippen molar-refractivity contribution in [2.45, 2.75) is 6.92 Å². The van der Waals surface area contributed by atoms with Crippen LogP contribution in [-0.2, 0) is 7.05 Å². The minimum absolute atomic E-state index is 0.245. The first-order valence-corrected chi connectivity index (χ1v) is 3.29. The number of carbonyl (C=O) groups excluding carboxylic acids is 1. The summed E-state index contributed by atoms with van der Waals surface area (Å²) in [5.41, 5.74) is 0.947. The zero-order valence-electron chi connectivity index (χ0n) is 6.50. The van der Waals surface area contributed by atoms with Gasteiger partial charge in [0.2, 0.25) is 0 Å². The van der Waals surface area contributed by atoms with Gasteiger partial charge in [-0.15, -0.1) is 0 Å². The zero-order chi connectivity index (χ0) is 8.43. The van der Waals surface area contributed by atoms with Gasteiger partial charge in [-0.2, -0.15) is 0 Å². The molecule has 0 atom stereocenters. The molecule has 0 amide bonds. The Kier molecular flexibility index (Phi) is 1.89. The first kappa shape index (κ1) is 7.72. The molecule has 0 saturated carbocycles. The van der Waals surface area contributed by atoms with Crippen LogP contribution in [0.1, 0.15) is 16.1 Å². The van der Waals surface area contributed by atoms with Crippen LogP contribution >= 0.6 is 0 Å². The highest BCUT2D eigenvalue weighted by Crippen LogP contribution is 1.98. The van der Waals surface area contributed by atoms with Crippen LogP contribution in [0, 0.1) is 6.92 Å². The van der Waals surface area contributed by atoms with Gasteiger partial charge < -0.3 is 9.90 Å². The molecule has 0 unspecified atom stereocenters. The normalized spacial score (nSPS) is 9.64. The smallest absolute Gasteiger partial charge is 0.187 e. The molecule has 0 fully saturated rings. The van der Waals surface area contributed by atoms with Gasteiger partial charge in [-0.1, -0.05) is 0 Å². The fourth-order valence-electron chi connectivity index (χ4n) is 0.907. The number of aromatic carboxylic acids is 1. The van der Waals surface area contributed by atoms with Gasteiger partial charge in [0.05, 0.1) is 11.5 Å². The molecule has 58 valence electrons. The highest BCUT2D eigenvalue weighted by molar-refractivity contribution is 5.86. The third-order valence-electron chi connectivity index (χ3n) is 1.71. The average molecular weight is 151 g/mol. The van der Waals surface area contributed by atoms with E-state index in [0.717, 1.165) is 0 Å². The van der Waals surface area contributed by atoms with Gasteiger partial charge in [-0.3, -0.25) is 0 Å². The van der Waals surface area contributed by atoms with E-state index >= 15 is 0 Å². The maximum Gasteiger partial charge on any atom is 0.187 e. The van der Waals surface area contributed by atoms with Crippen LogP contribution in [0.2, 0.25) is 0 Å². The van der Waals surface area contributed by atoms with Gasteiger partial charge in [-0.25, -0.2) is 4.57 Å². The Morgan fingerprint density at radius 3 is 2.73 bits per heavy atom. The summed E-state index contributed by atoms with van der Waals surface area (Å²) < 4.78 is 1.74. The number of aromatic nitrogens is 1. The van der Waals surface area contributed by atoms with Crippen molar-refractivity contribution < 1.29 is 14.5 Å². The summed E-state index contributed by atoms with van der Waals surface area (Å²) >= 11 is 0. The number of carboxylic acids is 1. The van der Waals surface area contributed by atoms with Crippen molar-refractivity contribution in [2.24, 2.45) is 7.05 Å². The zero-order valence-corrected chi connectivity index (χ0v) is 6.50. The molecule has 0 N–H and O–H groups in total. The lowest BCUT2D eigenvalue weighted by atomic mass is 10.2. The molecule has 1 rings (SSSR count). The first-order valence-electron chi connectivity index (χ1n) is 3.29. The number of rotatable bonds is 1. The van der Waals surface area contributed by atoms with Gasteiger partial charge in [0.1, 0.15) is 7.05 Å². The molecule has 3 nitrogen and oxygen atoms in total. The molecule has 0 radical (unpaired) electrons.